The second-order valence-electron chi connectivity index (χ2n) is 6.24. The van der Waals surface area contributed by atoms with Crippen LogP contribution < -0.4 is 10.0 Å². The molecule has 0 saturated carbocycles. The van der Waals surface area contributed by atoms with Crippen LogP contribution in [-0.2, 0) is 10.0 Å². The molecule has 2 N–H and O–H groups in total. The number of nitriles is 1. The van der Waals surface area contributed by atoms with Crippen molar-refractivity contribution in [3.05, 3.63) is 87.9 Å². The smallest absolute Gasteiger partial charge is 0.262 e. The summed E-state index contributed by atoms with van der Waals surface area (Å²) >= 11 is 3.31. The summed E-state index contributed by atoms with van der Waals surface area (Å²) in [4.78, 5) is 12.5. The van der Waals surface area contributed by atoms with Gasteiger partial charge in [0.15, 0.2) is 0 Å². The first-order valence-corrected chi connectivity index (χ1v) is 10.8. The van der Waals surface area contributed by atoms with Crippen molar-refractivity contribution in [2.45, 2.75) is 11.8 Å². The van der Waals surface area contributed by atoms with Gasteiger partial charge >= 0.3 is 0 Å². The second-order valence-corrected chi connectivity index (χ2v) is 8.80. The molecule has 146 valence electrons. The summed E-state index contributed by atoms with van der Waals surface area (Å²) in [5.41, 5.74) is 2.14. The first-order valence-electron chi connectivity index (χ1n) is 8.49. The molecule has 0 radical (unpaired) electrons. The van der Waals surface area contributed by atoms with E-state index in [-0.39, 0.29) is 4.90 Å². The van der Waals surface area contributed by atoms with Gasteiger partial charge in [0.25, 0.3) is 15.9 Å². The normalized spacial score (nSPS) is 10.8. The highest BCUT2D eigenvalue weighted by atomic mass is 79.9. The number of aryl methyl sites for hydroxylation is 1. The van der Waals surface area contributed by atoms with Crippen LogP contribution >= 0.6 is 15.9 Å². The van der Waals surface area contributed by atoms with Crippen LogP contribution in [0.5, 0.6) is 0 Å². The molecular formula is C21H16BrN3O3S. The van der Waals surface area contributed by atoms with Crippen LogP contribution in [0.3, 0.4) is 0 Å². The molecule has 0 unspecified atom stereocenters. The zero-order chi connectivity index (χ0) is 21.0. The maximum absolute atomic E-state index is 12.8. The van der Waals surface area contributed by atoms with E-state index in [0.717, 1.165) is 4.47 Å². The van der Waals surface area contributed by atoms with E-state index in [2.05, 4.69) is 26.0 Å². The molecule has 8 heteroatoms. The van der Waals surface area contributed by atoms with E-state index in [1.165, 1.54) is 18.2 Å². The molecule has 0 aliphatic carbocycles. The number of nitrogens with zero attached hydrogens (tertiary/aromatic N) is 1. The Hall–Kier alpha value is -3.15. The maximum atomic E-state index is 12.8. The standard InChI is InChI=1S/C21H16BrN3O3S/c1-14-2-9-19(24-21(26)16-5-3-15(13-23)4-6-16)12-20(14)29(27,28)25-18-10-7-17(22)8-11-18/h2-12,25H,1H3,(H,24,26). The minimum Gasteiger partial charge on any atom is -0.322 e. The lowest BCUT2D eigenvalue weighted by molar-refractivity contribution is 0.102. The van der Waals surface area contributed by atoms with E-state index in [1.807, 2.05) is 6.07 Å². The van der Waals surface area contributed by atoms with Crippen LogP contribution in [0, 0.1) is 18.3 Å². The number of amides is 1. The average Bonchev–Trinajstić information content (AvgIpc) is 2.71. The molecule has 0 bridgehead atoms. The van der Waals surface area contributed by atoms with Crippen molar-refractivity contribution in [2.24, 2.45) is 0 Å². The fourth-order valence-corrected chi connectivity index (χ4v) is 4.19. The molecule has 6 nitrogen and oxygen atoms in total. The van der Waals surface area contributed by atoms with E-state index in [0.29, 0.717) is 28.1 Å². The Bertz CT molecular complexity index is 1200. The third kappa shape index (κ3) is 5.02. The highest BCUT2D eigenvalue weighted by Gasteiger charge is 2.18. The van der Waals surface area contributed by atoms with E-state index in [9.17, 15) is 13.2 Å². The van der Waals surface area contributed by atoms with Crippen LogP contribution in [0.2, 0.25) is 0 Å². The second kappa shape index (κ2) is 8.47. The Balaban J connectivity index is 1.84. The molecule has 0 aliphatic rings. The summed E-state index contributed by atoms with van der Waals surface area (Å²) in [5, 5.41) is 11.5. The number of hydrogen-bond acceptors (Lipinski definition) is 4. The van der Waals surface area contributed by atoms with Gasteiger partial charge < -0.3 is 5.32 Å². The predicted molar refractivity (Wildman–Crippen MR) is 115 cm³/mol. The van der Waals surface area contributed by atoms with Gasteiger partial charge in [0.2, 0.25) is 0 Å². The molecule has 0 atom stereocenters. The quantitative estimate of drug-likeness (QED) is 0.566. The van der Waals surface area contributed by atoms with Crippen LogP contribution in [0.25, 0.3) is 0 Å². The Kier molecular flexibility index (Phi) is 6.01. The number of hydrogen-bond donors (Lipinski definition) is 2. The van der Waals surface area contributed by atoms with Crippen LogP contribution in [0.15, 0.2) is 76.1 Å². The van der Waals surface area contributed by atoms with Crippen molar-refractivity contribution < 1.29 is 13.2 Å². The fourth-order valence-electron chi connectivity index (χ4n) is 2.59. The first kappa shape index (κ1) is 20.6. The van der Waals surface area contributed by atoms with Gasteiger partial charge in [0.1, 0.15) is 0 Å². The number of nitrogens with one attached hydrogen (secondary N) is 2. The van der Waals surface area contributed by atoms with Crippen LogP contribution in [-0.4, -0.2) is 14.3 Å². The van der Waals surface area contributed by atoms with Crippen molar-refractivity contribution in [1.29, 1.82) is 5.26 Å². The average molecular weight is 470 g/mol. The Morgan fingerprint density at radius 2 is 1.59 bits per heavy atom. The molecule has 0 fully saturated rings. The number of rotatable bonds is 5. The minimum atomic E-state index is -3.84. The molecule has 0 aliphatic heterocycles. The summed E-state index contributed by atoms with van der Waals surface area (Å²) in [6.45, 7) is 1.68. The number of halogens is 1. The highest BCUT2D eigenvalue weighted by molar-refractivity contribution is 9.10. The summed E-state index contributed by atoms with van der Waals surface area (Å²) in [5.74, 6) is -0.400. The van der Waals surface area contributed by atoms with E-state index >= 15 is 0 Å². The number of carbonyl (C=O) groups is 1. The zero-order valence-electron chi connectivity index (χ0n) is 15.3. The van der Waals surface area contributed by atoms with Gasteiger partial charge in [-0.1, -0.05) is 22.0 Å². The Morgan fingerprint density at radius 3 is 2.21 bits per heavy atom. The number of sulfonamides is 1. The Morgan fingerprint density at radius 1 is 0.966 bits per heavy atom. The van der Waals surface area contributed by atoms with Crippen molar-refractivity contribution in [2.75, 3.05) is 10.0 Å². The van der Waals surface area contributed by atoms with Gasteiger partial charge in [-0.05, 0) is 73.2 Å². The summed E-state index contributed by atoms with van der Waals surface area (Å²) in [6, 6.07) is 19.6. The highest BCUT2D eigenvalue weighted by Crippen LogP contribution is 2.24. The molecular weight excluding hydrogens is 454 g/mol. The number of benzene rings is 3. The van der Waals surface area contributed by atoms with Crippen molar-refractivity contribution in [3.8, 4) is 6.07 Å². The van der Waals surface area contributed by atoms with Gasteiger partial charge in [-0.3, -0.25) is 9.52 Å². The van der Waals surface area contributed by atoms with Crippen molar-refractivity contribution in [3.63, 3.8) is 0 Å². The van der Waals surface area contributed by atoms with Crippen molar-refractivity contribution >= 4 is 43.2 Å². The molecule has 3 rings (SSSR count). The third-order valence-electron chi connectivity index (χ3n) is 4.11. The van der Waals surface area contributed by atoms with Gasteiger partial charge in [0, 0.05) is 21.4 Å². The van der Waals surface area contributed by atoms with Gasteiger partial charge in [-0.25, -0.2) is 8.42 Å². The monoisotopic (exact) mass is 469 g/mol. The number of carbonyl (C=O) groups excluding carboxylic acids is 1. The van der Waals surface area contributed by atoms with E-state index < -0.39 is 15.9 Å². The van der Waals surface area contributed by atoms with Gasteiger partial charge in [-0.15, -0.1) is 0 Å². The van der Waals surface area contributed by atoms with E-state index in [1.54, 1.807) is 55.5 Å². The first-order chi connectivity index (χ1) is 13.8. The minimum absolute atomic E-state index is 0.0676. The fraction of sp³-hybridized carbons (Fsp3) is 0.0476. The lowest BCUT2D eigenvalue weighted by Gasteiger charge is -2.13. The molecule has 0 spiro atoms. The SMILES string of the molecule is Cc1ccc(NC(=O)c2ccc(C#N)cc2)cc1S(=O)(=O)Nc1ccc(Br)cc1. The summed E-state index contributed by atoms with van der Waals surface area (Å²) in [6.07, 6.45) is 0. The molecule has 3 aromatic carbocycles. The summed E-state index contributed by atoms with van der Waals surface area (Å²) < 4.78 is 29.0. The number of anilines is 2. The molecule has 29 heavy (non-hydrogen) atoms. The van der Waals surface area contributed by atoms with Crippen LogP contribution in [0.1, 0.15) is 21.5 Å². The van der Waals surface area contributed by atoms with Crippen molar-refractivity contribution in [1.82, 2.24) is 0 Å². The van der Waals surface area contributed by atoms with Gasteiger partial charge in [0.05, 0.1) is 16.5 Å². The Labute approximate surface area is 177 Å². The molecule has 3 aromatic rings. The van der Waals surface area contributed by atoms with E-state index in [4.69, 9.17) is 5.26 Å². The topological polar surface area (TPSA) is 99.1 Å². The molecule has 0 heterocycles. The zero-order valence-corrected chi connectivity index (χ0v) is 17.7. The molecule has 0 aromatic heterocycles. The lowest BCUT2D eigenvalue weighted by Crippen LogP contribution is -2.16. The van der Waals surface area contributed by atoms with Gasteiger partial charge in [-0.2, -0.15) is 5.26 Å². The molecule has 1 amide bonds. The van der Waals surface area contributed by atoms with Crippen LogP contribution in [0.4, 0.5) is 11.4 Å². The summed E-state index contributed by atoms with van der Waals surface area (Å²) in [7, 11) is -3.84. The predicted octanol–water partition coefficient (Wildman–Crippen LogP) is 4.68. The molecule has 0 saturated heterocycles. The third-order valence-corrected chi connectivity index (χ3v) is 6.16. The lowest BCUT2D eigenvalue weighted by atomic mass is 10.1. The maximum Gasteiger partial charge on any atom is 0.262 e. The largest absolute Gasteiger partial charge is 0.322 e.